The number of amides is 2. The number of hydrogen-bond donors (Lipinski definition) is 3. The lowest BCUT2D eigenvalue weighted by atomic mass is 9.90. The predicted octanol–water partition coefficient (Wildman–Crippen LogP) is 7.35. The lowest BCUT2D eigenvalue weighted by Crippen LogP contribution is -2.38. The zero-order valence-corrected chi connectivity index (χ0v) is 20.3. The topological polar surface area (TPSA) is 60.2 Å². The summed E-state index contributed by atoms with van der Waals surface area (Å²) in [5.41, 5.74) is 3.93. The SMILES string of the molecule is O=C(Nc1ccc(Br)c(Cl)c1)Nc1ccc2[nH]cc(C3CCC4CCCCN4CC3)c2c1. The van der Waals surface area contributed by atoms with E-state index < -0.39 is 0 Å². The Morgan fingerprint density at radius 2 is 1.81 bits per heavy atom. The molecular weight excluding hydrogens is 488 g/mol. The van der Waals surface area contributed by atoms with Gasteiger partial charge in [0.25, 0.3) is 0 Å². The van der Waals surface area contributed by atoms with Gasteiger partial charge in [-0.1, -0.05) is 18.0 Å². The summed E-state index contributed by atoms with van der Waals surface area (Å²) in [7, 11) is 0. The number of carbonyl (C=O) groups excluding carboxylic acids is 1. The molecule has 5 rings (SSSR count). The first kappa shape index (κ1) is 21.8. The van der Waals surface area contributed by atoms with Crippen molar-refractivity contribution in [1.82, 2.24) is 9.88 Å². The van der Waals surface area contributed by atoms with Gasteiger partial charge in [-0.3, -0.25) is 0 Å². The maximum absolute atomic E-state index is 12.5. The maximum atomic E-state index is 12.5. The highest BCUT2D eigenvalue weighted by Crippen LogP contribution is 2.37. The molecule has 0 spiro atoms. The zero-order chi connectivity index (χ0) is 22.1. The van der Waals surface area contributed by atoms with Crippen LogP contribution in [0.2, 0.25) is 5.02 Å². The van der Waals surface area contributed by atoms with Crippen molar-refractivity contribution < 1.29 is 4.79 Å². The molecule has 3 N–H and O–H groups in total. The van der Waals surface area contributed by atoms with Crippen LogP contribution in [0.15, 0.2) is 47.1 Å². The van der Waals surface area contributed by atoms with Crippen LogP contribution in [0.1, 0.15) is 50.0 Å². The first-order chi connectivity index (χ1) is 15.6. The third-order valence-corrected chi connectivity index (χ3v) is 8.18. The van der Waals surface area contributed by atoms with E-state index in [1.165, 1.54) is 62.6 Å². The molecule has 2 saturated heterocycles. The second-order valence-corrected chi connectivity index (χ2v) is 10.2. The Bertz CT molecular complexity index is 1110. The highest BCUT2D eigenvalue weighted by atomic mass is 79.9. The smallest absolute Gasteiger partial charge is 0.323 e. The summed E-state index contributed by atoms with van der Waals surface area (Å²) in [6.45, 7) is 2.45. The van der Waals surface area contributed by atoms with Gasteiger partial charge >= 0.3 is 6.03 Å². The van der Waals surface area contributed by atoms with Crippen LogP contribution < -0.4 is 10.6 Å². The highest BCUT2D eigenvalue weighted by molar-refractivity contribution is 9.10. The molecule has 2 aliphatic heterocycles. The minimum atomic E-state index is -0.286. The van der Waals surface area contributed by atoms with E-state index >= 15 is 0 Å². The van der Waals surface area contributed by atoms with Crippen LogP contribution in [-0.2, 0) is 0 Å². The highest BCUT2D eigenvalue weighted by Gasteiger charge is 2.28. The summed E-state index contributed by atoms with van der Waals surface area (Å²) in [4.78, 5) is 18.7. The number of nitrogens with one attached hydrogen (secondary N) is 3. The van der Waals surface area contributed by atoms with Gasteiger partial charge in [0.15, 0.2) is 0 Å². The fraction of sp³-hybridized carbons (Fsp3) is 0.400. The second-order valence-electron chi connectivity index (χ2n) is 8.96. The van der Waals surface area contributed by atoms with Gasteiger partial charge in [0, 0.05) is 39.0 Å². The molecule has 3 aromatic rings. The van der Waals surface area contributed by atoms with Crippen molar-refractivity contribution >= 4 is 55.8 Å². The van der Waals surface area contributed by atoms with Gasteiger partial charge in [0.1, 0.15) is 0 Å². The molecule has 0 bridgehead atoms. The van der Waals surface area contributed by atoms with Crippen LogP contribution in [0.4, 0.5) is 16.2 Å². The molecule has 5 nitrogen and oxygen atoms in total. The van der Waals surface area contributed by atoms with Crippen molar-refractivity contribution in [3.05, 3.63) is 57.7 Å². The Morgan fingerprint density at radius 3 is 2.66 bits per heavy atom. The van der Waals surface area contributed by atoms with Crippen molar-refractivity contribution in [1.29, 1.82) is 0 Å². The second kappa shape index (κ2) is 9.46. The number of halogens is 2. The van der Waals surface area contributed by atoms with Gasteiger partial charge in [0.05, 0.1) is 5.02 Å². The van der Waals surface area contributed by atoms with Crippen molar-refractivity contribution in [2.24, 2.45) is 0 Å². The summed E-state index contributed by atoms with van der Waals surface area (Å²) < 4.78 is 0.796. The number of urea groups is 1. The largest absolute Gasteiger partial charge is 0.361 e. The Morgan fingerprint density at radius 1 is 1.00 bits per heavy atom. The number of nitrogens with zero attached hydrogens (tertiary/aromatic N) is 1. The molecule has 0 saturated carbocycles. The third kappa shape index (κ3) is 4.68. The number of carbonyl (C=O) groups is 1. The molecule has 2 atom stereocenters. The summed E-state index contributed by atoms with van der Waals surface area (Å²) in [5, 5.41) is 7.57. The lowest BCUT2D eigenvalue weighted by Gasteiger charge is -2.33. The van der Waals surface area contributed by atoms with Gasteiger partial charge in [-0.2, -0.15) is 0 Å². The van der Waals surface area contributed by atoms with E-state index in [1.807, 2.05) is 24.3 Å². The van der Waals surface area contributed by atoms with E-state index in [0.29, 0.717) is 16.6 Å². The van der Waals surface area contributed by atoms with Crippen LogP contribution in [0.3, 0.4) is 0 Å². The fourth-order valence-electron chi connectivity index (χ4n) is 5.28. The number of fused-ring (bicyclic) bond motifs is 2. The zero-order valence-electron chi connectivity index (χ0n) is 18.0. The fourth-order valence-corrected chi connectivity index (χ4v) is 5.70. The molecule has 2 aliphatic rings. The van der Waals surface area contributed by atoms with Crippen LogP contribution in [0.5, 0.6) is 0 Å². The molecule has 7 heteroatoms. The molecular formula is C25H28BrClN4O. The van der Waals surface area contributed by atoms with E-state index in [9.17, 15) is 4.79 Å². The Kier molecular flexibility index (Phi) is 6.44. The monoisotopic (exact) mass is 514 g/mol. The molecule has 168 valence electrons. The average Bonchev–Trinajstić information content (AvgIpc) is 3.08. The van der Waals surface area contributed by atoms with Gasteiger partial charge < -0.3 is 20.5 Å². The van der Waals surface area contributed by atoms with E-state index in [-0.39, 0.29) is 6.03 Å². The van der Waals surface area contributed by atoms with Crippen LogP contribution in [0.25, 0.3) is 10.9 Å². The Labute approximate surface area is 202 Å². The quantitative estimate of drug-likeness (QED) is 0.341. The normalized spacial score (nSPS) is 21.7. The summed E-state index contributed by atoms with van der Waals surface area (Å²) in [5.74, 6) is 0.559. The Hall–Kier alpha value is -2.02. The molecule has 1 aromatic heterocycles. The molecule has 2 fully saturated rings. The number of anilines is 2. The minimum Gasteiger partial charge on any atom is -0.361 e. The molecule has 32 heavy (non-hydrogen) atoms. The lowest BCUT2D eigenvalue weighted by molar-refractivity contribution is 0.151. The number of aromatic nitrogens is 1. The molecule has 2 aromatic carbocycles. The minimum absolute atomic E-state index is 0.286. The number of aromatic amines is 1. The maximum Gasteiger partial charge on any atom is 0.323 e. The number of rotatable bonds is 3. The molecule has 0 aliphatic carbocycles. The number of H-pyrrole nitrogens is 1. The van der Waals surface area contributed by atoms with Crippen molar-refractivity contribution in [3.8, 4) is 0 Å². The van der Waals surface area contributed by atoms with Crippen LogP contribution in [0, 0.1) is 0 Å². The molecule has 0 radical (unpaired) electrons. The number of benzene rings is 2. The van der Waals surface area contributed by atoms with Crippen LogP contribution in [-0.4, -0.2) is 35.0 Å². The average molecular weight is 516 g/mol. The van der Waals surface area contributed by atoms with E-state index in [1.54, 1.807) is 6.07 Å². The first-order valence-corrected chi connectivity index (χ1v) is 12.6. The number of hydrogen-bond acceptors (Lipinski definition) is 2. The van der Waals surface area contributed by atoms with E-state index in [4.69, 9.17) is 11.6 Å². The van der Waals surface area contributed by atoms with Crippen molar-refractivity contribution in [2.75, 3.05) is 23.7 Å². The van der Waals surface area contributed by atoms with Gasteiger partial charge in [0.2, 0.25) is 0 Å². The van der Waals surface area contributed by atoms with Gasteiger partial charge in [-0.25, -0.2) is 4.79 Å². The van der Waals surface area contributed by atoms with E-state index in [0.717, 1.165) is 21.7 Å². The molecule has 2 unspecified atom stereocenters. The van der Waals surface area contributed by atoms with Crippen molar-refractivity contribution in [2.45, 2.75) is 50.5 Å². The van der Waals surface area contributed by atoms with Crippen LogP contribution >= 0.6 is 27.5 Å². The first-order valence-electron chi connectivity index (χ1n) is 11.4. The third-order valence-electron chi connectivity index (χ3n) is 6.95. The van der Waals surface area contributed by atoms with Gasteiger partial charge in [-0.15, -0.1) is 0 Å². The Balaban J connectivity index is 1.31. The van der Waals surface area contributed by atoms with Crippen molar-refractivity contribution in [3.63, 3.8) is 0 Å². The standard InChI is InChI=1S/C25H28BrClN4O/c26-22-8-5-18(14-23(22)27)30-25(32)29-17-6-9-24-20(13-17)21(15-28-24)16-4-7-19-3-1-2-11-31(19)12-10-16/h5-6,8-9,13-16,19,28H,1-4,7,10-12H2,(H2,29,30,32). The summed E-state index contributed by atoms with van der Waals surface area (Å²) in [6.07, 6.45) is 9.97. The summed E-state index contributed by atoms with van der Waals surface area (Å²) in [6, 6.07) is 11.9. The summed E-state index contributed by atoms with van der Waals surface area (Å²) >= 11 is 9.49. The molecule has 3 heterocycles. The van der Waals surface area contributed by atoms with E-state index in [2.05, 4.69) is 48.7 Å². The predicted molar refractivity (Wildman–Crippen MR) is 136 cm³/mol. The van der Waals surface area contributed by atoms with Gasteiger partial charge in [-0.05, 0) is 109 Å². The number of piperidine rings is 1. The molecule has 2 amide bonds.